The Hall–Kier alpha value is -1.16. The standard InChI is InChI=1S/C16H23N3O/c17-14(15-7-16(20)19-8-18-15)6-13-11-2-9-1-10(4-11)5-12(13)3-9/h7-14H,1-6,17H2,(H,18,19,20). The zero-order valence-electron chi connectivity index (χ0n) is 11.8. The van der Waals surface area contributed by atoms with Crippen LogP contribution in [-0.4, -0.2) is 9.97 Å². The van der Waals surface area contributed by atoms with E-state index in [4.69, 9.17) is 5.73 Å². The van der Waals surface area contributed by atoms with Gasteiger partial charge in [0.2, 0.25) is 0 Å². The summed E-state index contributed by atoms with van der Waals surface area (Å²) in [5.41, 5.74) is 6.98. The first-order chi connectivity index (χ1) is 9.69. The maximum Gasteiger partial charge on any atom is 0.250 e. The first kappa shape index (κ1) is 12.6. The van der Waals surface area contributed by atoms with Crippen molar-refractivity contribution in [1.82, 2.24) is 9.97 Å². The van der Waals surface area contributed by atoms with E-state index in [1.54, 1.807) is 6.07 Å². The first-order valence-corrected chi connectivity index (χ1v) is 7.99. The molecule has 1 aromatic rings. The lowest BCUT2D eigenvalue weighted by Gasteiger charge is -2.55. The van der Waals surface area contributed by atoms with Crippen molar-refractivity contribution in [3.05, 3.63) is 28.4 Å². The molecular weight excluding hydrogens is 250 g/mol. The molecule has 3 N–H and O–H groups in total. The van der Waals surface area contributed by atoms with Crippen molar-refractivity contribution >= 4 is 0 Å². The van der Waals surface area contributed by atoms with Crippen LogP contribution in [0, 0.1) is 29.6 Å². The molecule has 4 bridgehead atoms. The van der Waals surface area contributed by atoms with Gasteiger partial charge in [0.1, 0.15) is 0 Å². The van der Waals surface area contributed by atoms with Gasteiger partial charge in [-0.15, -0.1) is 0 Å². The summed E-state index contributed by atoms with van der Waals surface area (Å²) in [7, 11) is 0. The predicted molar refractivity (Wildman–Crippen MR) is 76.9 cm³/mol. The monoisotopic (exact) mass is 273 g/mol. The molecule has 0 spiro atoms. The predicted octanol–water partition coefficient (Wildman–Crippen LogP) is 2.23. The molecule has 4 fully saturated rings. The molecule has 4 saturated carbocycles. The molecule has 4 heteroatoms. The van der Waals surface area contributed by atoms with Crippen LogP contribution in [0.1, 0.15) is 50.3 Å². The van der Waals surface area contributed by atoms with Crippen molar-refractivity contribution in [2.24, 2.45) is 35.3 Å². The quantitative estimate of drug-likeness (QED) is 0.887. The minimum atomic E-state index is -0.101. The molecule has 0 radical (unpaired) electrons. The second-order valence-corrected chi connectivity index (χ2v) is 7.27. The molecule has 4 aliphatic carbocycles. The largest absolute Gasteiger partial charge is 0.323 e. The number of aromatic nitrogens is 2. The minimum absolute atomic E-state index is 0.0835. The Morgan fingerprint density at radius 1 is 1.20 bits per heavy atom. The van der Waals surface area contributed by atoms with Gasteiger partial charge in [-0.1, -0.05) is 0 Å². The van der Waals surface area contributed by atoms with Crippen LogP contribution in [0.15, 0.2) is 17.2 Å². The van der Waals surface area contributed by atoms with Gasteiger partial charge in [-0.2, -0.15) is 0 Å². The van der Waals surface area contributed by atoms with Crippen LogP contribution < -0.4 is 11.3 Å². The van der Waals surface area contributed by atoms with Crippen LogP contribution in [-0.2, 0) is 0 Å². The number of aromatic amines is 1. The fourth-order valence-corrected chi connectivity index (χ4v) is 5.42. The van der Waals surface area contributed by atoms with Gasteiger partial charge in [0.05, 0.1) is 12.0 Å². The summed E-state index contributed by atoms with van der Waals surface area (Å²) in [5, 5.41) is 0. The lowest BCUT2D eigenvalue weighted by Crippen LogP contribution is -2.45. The summed E-state index contributed by atoms with van der Waals surface area (Å²) in [4.78, 5) is 18.2. The van der Waals surface area contributed by atoms with Crippen molar-refractivity contribution in [3.8, 4) is 0 Å². The van der Waals surface area contributed by atoms with Crippen molar-refractivity contribution in [3.63, 3.8) is 0 Å². The maximum absolute atomic E-state index is 11.4. The van der Waals surface area contributed by atoms with Crippen molar-refractivity contribution in [2.75, 3.05) is 0 Å². The van der Waals surface area contributed by atoms with Gasteiger partial charge < -0.3 is 10.7 Å². The smallest absolute Gasteiger partial charge is 0.250 e. The summed E-state index contributed by atoms with van der Waals surface area (Å²) in [6.07, 6.45) is 9.65. The molecule has 108 valence electrons. The number of nitrogens with zero attached hydrogens (tertiary/aromatic N) is 1. The molecule has 1 atom stereocenters. The highest BCUT2D eigenvalue weighted by molar-refractivity contribution is 5.06. The second-order valence-electron chi connectivity index (χ2n) is 7.27. The van der Waals surface area contributed by atoms with Crippen molar-refractivity contribution in [2.45, 2.75) is 44.6 Å². The molecule has 0 saturated heterocycles. The van der Waals surface area contributed by atoms with Crippen LogP contribution in [0.3, 0.4) is 0 Å². The number of nitrogens with one attached hydrogen (secondary N) is 1. The highest BCUT2D eigenvalue weighted by Crippen LogP contribution is 2.57. The fourth-order valence-electron chi connectivity index (χ4n) is 5.42. The van der Waals surface area contributed by atoms with Crippen LogP contribution in [0.4, 0.5) is 0 Å². The van der Waals surface area contributed by atoms with Crippen molar-refractivity contribution < 1.29 is 0 Å². The van der Waals surface area contributed by atoms with Gasteiger partial charge >= 0.3 is 0 Å². The summed E-state index contributed by atoms with van der Waals surface area (Å²) >= 11 is 0. The molecule has 1 unspecified atom stereocenters. The molecule has 4 aliphatic rings. The SMILES string of the molecule is NC(CC1C2CC3CC(C2)CC1C3)c1cc(=O)[nH]cn1. The normalized spacial score (nSPS) is 40.0. The third-order valence-corrected chi connectivity index (χ3v) is 6.03. The second kappa shape index (κ2) is 4.69. The Balaban J connectivity index is 1.50. The Morgan fingerprint density at radius 2 is 1.85 bits per heavy atom. The Bertz CT molecular complexity index is 525. The third kappa shape index (κ3) is 2.10. The third-order valence-electron chi connectivity index (χ3n) is 6.03. The molecule has 5 rings (SSSR count). The van der Waals surface area contributed by atoms with Gasteiger partial charge in [0.25, 0.3) is 5.56 Å². The van der Waals surface area contributed by atoms with Gasteiger partial charge in [-0.05, 0) is 68.1 Å². The molecular formula is C16H23N3O. The number of hydrogen-bond acceptors (Lipinski definition) is 3. The van der Waals surface area contributed by atoms with E-state index >= 15 is 0 Å². The van der Waals surface area contributed by atoms with Gasteiger partial charge in [0.15, 0.2) is 0 Å². The minimum Gasteiger partial charge on any atom is -0.323 e. The van der Waals surface area contributed by atoms with Crippen LogP contribution in [0.25, 0.3) is 0 Å². The van der Waals surface area contributed by atoms with Gasteiger partial charge in [-0.25, -0.2) is 4.98 Å². The number of H-pyrrole nitrogens is 1. The molecule has 0 aromatic carbocycles. The Labute approximate surface area is 119 Å². The molecule has 0 aliphatic heterocycles. The lowest BCUT2D eigenvalue weighted by atomic mass is 9.51. The lowest BCUT2D eigenvalue weighted by molar-refractivity contribution is -0.0422. The zero-order chi connectivity index (χ0) is 13.7. The first-order valence-electron chi connectivity index (χ1n) is 7.99. The fraction of sp³-hybridized carbons (Fsp3) is 0.750. The Kier molecular flexibility index (Phi) is 2.95. The number of nitrogens with two attached hydrogens (primary N) is 1. The molecule has 1 aromatic heterocycles. The van der Waals surface area contributed by atoms with Crippen LogP contribution >= 0.6 is 0 Å². The average molecular weight is 273 g/mol. The van der Waals surface area contributed by atoms with Crippen LogP contribution in [0.2, 0.25) is 0 Å². The van der Waals surface area contributed by atoms with E-state index < -0.39 is 0 Å². The molecule has 0 amide bonds. The Morgan fingerprint density at radius 3 is 2.45 bits per heavy atom. The maximum atomic E-state index is 11.4. The zero-order valence-corrected chi connectivity index (χ0v) is 11.8. The van der Waals surface area contributed by atoms with E-state index in [1.165, 1.54) is 38.4 Å². The molecule has 4 nitrogen and oxygen atoms in total. The number of hydrogen-bond donors (Lipinski definition) is 2. The van der Waals surface area contributed by atoms with Crippen molar-refractivity contribution in [1.29, 1.82) is 0 Å². The van der Waals surface area contributed by atoms with Gasteiger partial charge in [-0.3, -0.25) is 4.79 Å². The molecule has 1 heterocycles. The van der Waals surface area contributed by atoms with E-state index in [0.717, 1.165) is 41.7 Å². The van der Waals surface area contributed by atoms with E-state index in [-0.39, 0.29) is 11.6 Å². The van der Waals surface area contributed by atoms with E-state index in [1.807, 2.05) is 0 Å². The summed E-state index contributed by atoms with van der Waals surface area (Å²) in [5.74, 6) is 4.54. The summed E-state index contributed by atoms with van der Waals surface area (Å²) in [6, 6.07) is 1.47. The number of rotatable bonds is 3. The van der Waals surface area contributed by atoms with Crippen LogP contribution in [0.5, 0.6) is 0 Å². The van der Waals surface area contributed by atoms with E-state index in [2.05, 4.69) is 9.97 Å². The average Bonchev–Trinajstić information content (AvgIpc) is 2.42. The van der Waals surface area contributed by atoms with E-state index in [9.17, 15) is 4.79 Å². The van der Waals surface area contributed by atoms with Gasteiger partial charge in [0, 0.05) is 12.1 Å². The highest BCUT2D eigenvalue weighted by Gasteiger charge is 2.48. The topological polar surface area (TPSA) is 71.8 Å². The summed E-state index contributed by atoms with van der Waals surface area (Å²) < 4.78 is 0. The highest BCUT2D eigenvalue weighted by atomic mass is 16.1. The summed E-state index contributed by atoms with van der Waals surface area (Å²) in [6.45, 7) is 0. The molecule has 20 heavy (non-hydrogen) atoms. The van der Waals surface area contributed by atoms with E-state index in [0.29, 0.717) is 0 Å².